The Labute approximate surface area is 177 Å². The number of rotatable bonds is 5. The molecule has 6 heteroatoms. The normalized spacial score (nSPS) is 18.4. The number of phenols is 1. The molecule has 0 radical (unpaired) electrons. The number of aromatic hydroxyl groups is 1. The van der Waals surface area contributed by atoms with Gasteiger partial charge < -0.3 is 24.4 Å². The van der Waals surface area contributed by atoms with E-state index in [0.717, 1.165) is 47.8 Å². The van der Waals surface area contributed by atoms with Gasteiger partial charge in [-0.2, -0.15) is 0 Å². The van der Waals surface area contributed by atoms with Crippen molar-refractivity contribution in [3.8, 4) is 17.2 Å². The largest absolute Gasteiger partial charge is 0.508 e. The van der Waals surface area contributed by atoms with Gasteiger partial charge in [0.05, 0.1) is 6.61 Å². The van der Waals surface area contributed by atoms with E-state index in [-0.39, 0.29) is 17.8 Å². The van der Waals surface area contributed by atoms with Crippen LogP contribution in [0.3, 0.4) is 0 Å². The van der Waals surface area contributed by atoms with Gasteiger partial charge in [-0.05, 0) is 56.3 Å². The van der Waals surface area contributed by atoms with E-state index in [9.17, 15) is 9.90 Å². The second-order valence-electron chi connectivity index (χ2n) is 7.73. The quantitative estimate of drug-likeness (QED) is 0.768. The molecular weight excluding hydrogens is 380 g/mol. The summed E-state index contributed by atoms with van der Waals surface area (Å²) in [5.74, 6) is 1.92. The Kier molecular flexibility index (Phi) is 5.84. The van der Waals surface area contributed by atoms with Crippen LogP contribution in [0.1, 0.15) is 25.0 Å². The van der Waals surface area contributed by atoms with Crippen molar-refractivity contribution >= 4 is 17.7 Å². The average molecular weight is 408 g/mol. The summed E-state index contributed by atoms with van der Waals surface area (Å²) in [5.41, 5.74) is 3.07. The molecule has 1 fully saturated rings. The summed E-state index contributed by atoms with van der Waals surface area (Å²) in [5, 5.41) is 9.44. The molecule has 30 heavy (non-hydrogen) atoms. The lowest BCUT2D eigenvalue weighted by Crippen LogP contribution is -2.48. The lowest BCUT2D eigenvalue weighted by atomic mass is 10.1. The summed E-state index contributed by atoms with van der Waals surface area (Å²) >= 11 is 0. The van der Waals surface area contributed by atoms with Gasteiger partial charge in [-0.1, -0.05) is 0 Å². The van der Waals surface area contributed by atoms with Crippen molar-refractivity contribution in [1.82, 2.24) is 4.90 Å². The van der Waals surface area contributed by atoms with Crippen LogP contribution in [0.15, 0.2) is 42.5 Å². The zero-order valence-corrected chi connectivity index (χ0v) is 17.5. The highest BCUT2D eigenvalue weighted by Crippen LogP contribution is 2.35. The van der Waals surface area contributed by atoms with Crippen LogP contribution >= 0.6 is 0 Å². The summed E-state index contributed by atoms with van der Waals surface area (Å²) in [6, 6.07) is 11.2. The molecule has 0 aliphatic carbocycles. The van der Waals surface area contributed by atoms with Crippen molar-refractivity contribution in [1.29, 1.82) is 0 Å². The molecule has 1 amide bonds. The predicted molar refractivity (Wildman–Crippen MR) is 117 cm³/mol. The average Bonchev–Trinajstić information content (AvgIpc) is 3.11. The number of amides is 1. The summed E-state index contributed by atoms with van der Waals surface area (Å²) < 4.78 is 11.6. The van der Waals surface area contributed by atoms with Gasteiger partial charge in [0.15, 0.2) is 0 Å². The SMILES string of the molecule is CCOc1cc2c(cc1/C=C/C(=O)N1CCN(c3ccc(O)cc3)CC1)OC(C)C2. The van der Waals surface area contributed by atoms with Crippen LogP contribution in [-0.2, 0) is 11.2 Å². The van der Waals surface area contributed by atoms with E-state index in [1.54, 1.807) is 18.2 Å². The molecule has 6 nitrogen and oxygen atoms in total. The Hall–Kier alpha value is -3.15. The molecule has 0 bridgehead atoms. The number of carbonyl (C=O) groups excluding carboxylic acids is 1. The second-order valence-corrected chi connectivity index (χ2v) is 7.73. The molecule has 1 unspecified atom stereocenters. The third kappa shape index (κ3) is 4.37. The number of carbonyl (C=O) groups is 1. The minimum atomic E-state index is -0.00223. The summed E-state index contributed by atoms with van der Waals surface area (Å²) in [7, 11) is 0. The van der Waals surface area contributed by atoms with Crippen molar-refractivity contribution in [2.75, 3.05) is 37.7 Å². The van der Waals surface area contributed by atoms with Gasteiger partial charge in [0.2, 0.25) is 5.91 Å². The number of benzene rings is 2. The van der Waals surface area contributed by atoms with Gasteiger partial charge in [-0.25, -0.2) is 0 Å². The second kappa shape index (κ2) is 8.69. The van der Waals surface area contributed by atoms with Crippen molar-refractivity contribution in [3.63, 3.8) is 0 Å². The number of anilines is 1. The standard InChI is InChI=1S/C24H28N2O4/c1-3-29-22-16-19-14-17(2)30-23(19)15-18(22)4-9-24(28)26-12-10-25(11-13-26)20-5-7-21(27)8-6-20/h4-9,15-17,27H,3,10-14H2,1-2H3/b9-4+. The van der Waals surface area contributed by atoms with E-state index < -0.39 is 0 Å². The molecule has 0 saturated carbocycles. The lowest BCUT2D eigenvalue weighted by Gasteiger charge is -2.35. The van der Waals surface area contributed by atoms with E-state index in [0.29, 0.717) is 19.7 Å². The number of ether oxygens (including phenoxy) is 2. The van der Waals surface area contributed by atoms with E-state index in [2.05, 4.69) is 11.8 Å². The molecule has 2 heterocycles. The molecule has 1 atom stereocenters. The molecule has 2 aliphatic heterocycles. The predicted octanol–water partition coefficient (Wildman–Crippen LogP) is 3.48. The fourth-order valence-electron chi connectivity index (χ4n) is 3.98. The Morgan fingerprint density at radius 3 is 2.63 bits per heavy atom. The van der Waals surface area contributed by atoms with E-state index >= 15 is 0 Å². The molecule has 1 saturated heterocycles. The van der Waals surface area contributed by atoms with Gasteiger partial charge in [0.1, 0.15) is 23.4 Å². The number of hydrogen-bond acceptors (Lipinski definition) is 5. The summed E-state index contributed by atoms with van der Waals surface area (Å²) in [6.07, 6.45) is 4.50. The number of hydrogen-bond donors (Lipinski definition) is 1. The van der Waals surface area contributed by atoms with Gasteiger partial charge in [-0.15, -0.1) is 0 Å². The van der Waals surface area contributed by atoms with Gasteiger partial charge >= 0.3 is 0 Å². The van der Waals surface area contributed by atoms with Crippen molar-refractivity contribution < 1.29 is 19.4 Å². The van der Waals surface area contributed by atoms with Gasteiger partial charge in [0.25, 0.3) is 0 Å². The zero-order chi connectivity index (χ0) is 21.1. The van der Waals surface area contributed by atoms with Crippen LogP contribution in [0, 0.1) is 0 Å². The maximum atomic E-state index is 12.7. The fourth-order valence-corrected chi connectivity index (χ4v) is 3.98. The molecule has 2 aromatic carbocycles. The fraction of sp³-hybridized carbons (Fsp3) is 0.375. The lowest BCUT2D eigenvalue weighted by molar-refractivity contribution is -0.126. The van der Waals surface area contributed by atoms with Crippen LogP contribution in [-0.4, -0.2) is 54.8 Å². The first-order chi connectivity index (χ1) is 14.5. The van der Waals surface area contributed by atoms with Gasteiger partial charge in [0, 0.05) is 55.5 Å². The first kappa shape index (κ1) is 20.1. The minimum absolute atomic E-state index is 0.00223. The number of piperazine rings is 1. The Balaban J connectivity index is 1.41. The van der Waals surface area contributed by atoms with E-state index in [1.165, 1.54) is 0 Å². The van der Waals surface area contributed by atoms with E-state index in [1.807, 2.05) is 42.2 Å². The monoisotopic (exact) mass is 408 g/mol. The molecule has 0 aromatic heterocycles. The van der Waals surface area contributed by atoms with Crippen LogP contribution in [0.5, 0.6) is 17.2 Å². The van der Waals surface area contributed by atoms with Crippen LogP contribution in [0.2, 0.25) is 0 Å². The smallest absolute Gasteiger partial charge is 0.246 e. The molecule has 1 N–H and O–H groups in total. The molecule has 158 valence electrons. The molecule has 2 aromatic rings. The van der Waals surface area contributed by atoms with E-state index in [4.69, 9.17) is 9.47 Å². The van der Waals surface area contributed by atoms with Gasteiger partial charge in [-0.3, -0.25) is 4.79 Å². The number of fused-ring (bicyclic) bond motifs is 1. The van der Waals surface area contributed by atoms with Crippen LogP contribution < -0.4 is 14.4 Å². The molecule has 0 spiro atoms. The van der Waals surface area contributed by atoms with Crippen LogP contribution in [0.4, 0.5) is 5.69 Å². The van der Waals surface area contributed by atoms with Crippen molar-refractivity contribution in [3.05, 3.63) is 53.6 Å². The topological polar surface area (TPSA) is 62.2 Å². The highest BCUT2D eigenvalue weighted by molar-refractivity contribution is 5.92. The zero-order valence-electron chi connectivity index (χ0n) is 17.5. The third-order valence-electron chi connectivity index (χ3n) is 5.54. The summed E-state index contributed by atoms with van der Waals surface area (Å²) in [6.45, 7) is 7.43. The third-order valence-corrected chi connectivity index (χ3v) is 5.54. The maximum absolute atomic E-state index is 12.7. The minimum Gasteiger partial charge on any atom is -0.508 e. The molecule has 4 rings (SSSR count). The Bertz CT molecular complexity index is 931. The highest BCUT2D eigenvalue weighted by Gasteiger charge is 2.22. The number of phenolic OH excluding ortho intramolecular Hbond substituents is 1. The number of nitrogens with zero attached hydrogens (tertiary/aromatic N) is 2. The first-order valence-corrected chi connectivity index (χ1v) is 10.5. The van der Waals surface area contributed by atoms with Crippen molar-refractivity contribution in [2.24, 2.45) is 0 Å². The van der Waals surface area contributed by atoms with Crippen molar-refractivity contribution in [2.45, 2.75) is 26.4 Å². The highest BCUT2D eigenvalue weighted by atomic mass is 16.5. The maximum Gasteiger partial charge on any atom is 0.246 e. The summed E-state index contributed by atoms with van der Waals surface area (Å²) in [4.78, 5) is 16.8. The Morgan fingerprint density at radius 2 is 1.93 bits per heavy atom. The Morgan fingerprint density at radius 1 is 1.20 bits per heavy atom. The first-order valence-electron chi connectivity index (χ1n) is 10.5. The molecule has 2 aliphatic rings. The molecular formula is C24H28N2O4. The van der Waals surface area contributed by atoms with Crippen LogP contribution in [0.25, 0.3) is 6.08 Å².